The fourth-order valence-electron chi connectivity index (χ4n) is 0.897. The monoisotopic (exact) mass is 200 g/mol. The fourth-order valence-corrected chi connectivity index (χ4v) is 1.65. The van der Waals surface area contributed by atoms with Gasteiger partial charge in [0.1, 0.15) is 0 Å². The lowest BCUT2D eigenvalue weighted by Gasteiger charge is -2.11. The van der Waals surface area contributed by atoms with Gasteiger partial charge in [-0.2, -0.15) is 8.42 Å². The van der Waals surface area contributed by atoms with Crippen molar-refractivity contribution in [2.45, 2.75) is 0 Å². The van der Waals surface area contributed by atoms with Crippen molar-refractivity contribution in [2.75, 3.05) is 33.2 Å². The molecule has 0 aromatic carbocycles. The van der Waals surface area contributed by atoms with Gasteiger partial charge in [0, 0.05) is 20.1 Å². The molecule has 0 radical (unpaired) electrons. The summed E-state index contributed by atoms with van der Waals surface area (Å²) in [6.07, 6.45) is 0. The lowest BCUT2D eigenvalue weighted by molar-refractivity contribution is 0.0941. The number of hydrogen-bond acceptors (Lipinski definition) is 4. The van der Waals surface area contributed by atoms with Crippen LogP contribution in [0.5, 0.6) is 0 Å². The zero-order chi connectivity index (χ0) is 9.61. The molecule has 0 atom stereocenters. The van der Waals surface area contributed by atoms with Gasteiger partial charge in [-0.3, -0.25) is 0 Å². The van der Waals surface area contributed by atoms with Gasteiger partial charge in [0.25, 0.3) is 0 Å². The van der Waals surface area contributed by atoms with E-state index in [0.717, 1.165) is 0 Å². The largest absolute Gasteiger partial charge is 0.384 e. The average molecular weight is 200 g/mol. The molecule has 0 aliphatic carbocycles. The Labute approximate surface area is 71.9 Å². The maximum atomic E-state index is 12.1. The van der Waals surface area contributed by atoms with Crippen molar-refractivity contribution < 1.29 is 21.8 Å². The highest BCUT2D eigenvalue weighted by Crippen LogP contribution is 2.04. The summed E-state index contributed by atoms with van der Waals surface area (Å²) in [6, 6.07) is 0. The Balaban J connectivity index is 3.95. The zero-order valence-corrected chi connectivity index (χ0v) is 7.93. The second-order valence-corrected chi connectivity index (χ2v) is 3.89. The van der Waals surface area contributed by atoms with Crippen LogP contribution >= 0.6 is 0 Å². The van der Waals surface area contributed by atoms with Crippen LogP contribution in [0.1, 0.15) is 0 Å². The Bertz CT molecular complexity index is 196. The lowest BCUT2D eigenvalue weighted by atomic mass is 10.2. The summed E-state index contributed by atoms with van der Waals surface area (Å²) in [5, 5.41) is 0. The van der Waals surface area contributed by atoms with Crippen LogP contribution in [0, 0.1) is 5.92 Å². The first-order valence-electron chi connectivity index (χ1n) is 3.39. The van der Waals surface area contributed by atoms with Crippen molar-refractivity contribution >= 4 is 10.2 Å². The third-order valence-corrected chi connectivity index (χ3v) is 2.11. The normalized spacial score (nSPS) is 12.3. The summed E-state index contributed by atoms with van der Waals surface area (Å²) < 4.78 is 42.0. The molecule has 0 unspecified atom stereocenters. The van der Waals surface area contributed by atoms with Crippen LogP contribution in [-0.4, -0.2) is 41.6 Å². The highest BCUT2D eigenvalue weighted by molar-refractivity contribution is 7.86. The molecule has 6 heteroatoms. The van der Waals surface area contributed by atoms with E-state index in [1.165, 1.54) is 14.2 Å². The summed E-state index contributed by atoms with van der Waals surface area (Å²) in [5.74, 6) is -0.982. The van der Waals surface area contributed by atoms with E-state index in [2.05, 4.69) is 0 Å². The maximum Gasteiger partial charge on any atom is 0.302 e. The van der Waals surface area contributed by atoms with Gasteiger partial charge >= 0.3 is 10.2 Å². The predicted octanol–water partition coefficient (Wildman–Crippen LogP) is 0.195. The van der Waals surface area contributed by atoms with Crippen molar-refractivity contribution in [3.8, 4) is 0 Å². The highest BCUT2D eigenvalue weighted by Gasteiger charge is 2.17. The topological polar surface area (TPSA) is 52.6 Å². The Morgan fingerprint density at radius 1 is 1.25 bits per heavy atom. The minimum absolute atomic E-state index is 0.178. The molecular weight excluding hydrogens is 187 g/mol. The molecule has 0 bridgehead atoms. The van der Waals surface area contributed by atoms with E-state index < -0.39 is 21.9 Å². The van der Waals surface area contributed by atoms with Gasteiger partial charge < -0.3 is 9.47 Å². The van der Waals surface area contributed by atoms with Crippen LogP contribution in [0.25, 0.3) is 0 Å². The molecule has 4 nitrogen and oxygen atoms in total. The van der Waals surface area contributed by atoms with Crippen LogP contribution in [-0.2, 0) is 19.7 Å². The second kappa shape index (κ2) is 5.45. The number of rotatable bonds is 6. The average Bonchev–Trinajstić information content (AvgIpc) is 1.84. The van der Waals surface area contributed by atoms with E-state index in [-0.39, 0.29) is 13.2 Å². The molecule has 0 aromatic heterocycles. The van der Waals surface area contributed by atoms with E-state index in [0.29, 0.717) is 0 Å². The first-order valence-corrected chi connectivity index (χ1v) is 4.95. The van der Waals surface area contributed by atoms with E-state index in [4.69, 9.17) is 9.47 Å². The lowest BCUT2D eigenvalue weighted by Crippen LogP contribution is -2.22. The molecule has 0 saturated carbocycles. The van der Waals surface area contributed by atoms with E-state index in [9.17, 15) is 12.3 Å². The predicted molar refractivity (Wildman–Crippen MR) is 42.1 cm³/mol. The van der Waals surface area contributed by atoms with Gasteiger partial charge in [-0.15, -0.1) is 3.89 Å². The van der Waals surface area contributed by atoms with Crippen LogP contribution in [0.15, 0.2) is 0 Å². The minimum Gasteiger partial charge on any atom is -0.384 e. The molecule has 0 aliphatic heterocycles. The molecule has 0 amide bonds. The van der Waals surface area contributed by atoms with E-state index >= 15 is 0 Å². The fraction of sp³-hybridized carbons (Fsp3) is 1.00. The first kappa shape index (κ1) is 11.8. The standard InChI is InChI=1S/C6H13FO4S/c1-10-3-6(4-11-2)5-12(7,8)9/h6H,3-5H2,1-2H3. The van der Waals surface area contributed by atoms with E-state index in [1.807, 2.05) is 0 Å². The van der Waals surface area contributed by atoms with Crippen molar-refractivity contribution in [1.29, 1.82) is 0 Å². The molecule has 0 aromatic rings. The summed E-state index contributed by atoms with van der Waals surface area (Å²) >= 11 is 0. The van der Waals surface area contributed by atoms with Crippen LogP contribution in [0.2, 0.25) is 0 Å². The Morgan fingerprint density at radius 2 is 1.67 bits per heavy atom. The number of hydrogen-bond donors (Lipinski definition) is 0. The SMILES string of the molecule is COCC(COC)CS(=O)(=O)F. The number of ether oxygens (including phenoxy) is 2. The van der Waals surface area contributed by atoms with Gasteiger partial charge in [0.2, 0.25) is 0 Å². The molecule has 0 heterocycles. The molecule has 12 heavy (non-hydrogen) atoms. The third kappa shape index (κ3) is 6.51. The van der Waals surface area contributed by atoms with Crippen LogP contribution < -0.4 is 0 Å². The Morgan fingerprint density at radius 3 is 1.92 bits per heavy atom. The molecule has 0 rings (SSSR count). The van der Waals surface area contributed by atoms with Crippen LogP contribution in [0.4, 0.5) is 3.89 Å². The zero-order valence-electron chi connectivity index (χ0n) is 7.12. The van der Waals surface area contributed by atoms with Crippen molar-refractivity contribution in [2.24, 2.45) is 5.92 Å². The summed E-state index contributed by atoms with van der Waals surface area (Å²) in [6.45, 7) is 0.355. The Kier molecular flexibility index (Phi) is 5.36. The minimum atomic E-state index is -4.43. The van der Waals surface area contributed by atoms with Gasteiger partial charge in [0.05, 0.1) is 19.0 Å². The van der Waals surface area contributed by atoms with Crippen molar-refractivity contribution in [3.05, 3.63) is 0 Å². The van der Waals surface area contributed by atoms with Crippen LogP contribution in [0.3, 0.4) is 0 Å². The first-order chi connectivity index (χ1) is 5.49. The highest BCUT2D eigenvalue weighted by atomic mass is 32.3. The van der Waals surface area contributed by atoms with Crippen molar-refractivity contribution in [1.82, 2.24) is 0 Å². The molecule has 0 saturated heterocycles. The number of halogens is 1. The van der Waals surface area contributed by atoms with Gasteiger partial charge in [-0.1, -0.05) is 0 Å². The molecular formula is C6H13FO4S. The quantitative estimate of drug-likeness (QED) is 0.574. The molecule has 0 N–H and O–H groups in total. The summed E-state index contributed by atoms with van der Waals surface area (Å²) in [7, 11) is -1.58. The second-order valence-electron chi connectivity index (χ2n) is 2.48. The van der Waals surface area contributed by atoms with Crippen molar-refractivity contribution in [3.63, 3.8) is 0 Å². The Hall–Kier alpha value is -0.200. The summed E-state index contributed by atoms with van der Waals surface area (Å²) in [5.41, 5.74) is 0. The molecule has 74 valence electrons. The van der Waals surface area contributed by atoms with E-state index in [1.54, 1.807) is 0 Å². The smallest absolute Gasteiger partial charge is 0.302 e. The van der Waals surface area contributed by atoms with Gasteiger partial charge in [0.15, 0.2) is 0 Å². The molecule has 0 aliphatic rings. The number of methoxy groups -OCH3 is 2. The third-order valence-electron chi connectivity index (χ3n) is 1.24. The summed E-state index contributed by atoms with van der Waals surface area (Å²) in [4.78, 5) is 0. The maximum absolute atomic E-state index is 12.1. The molecule has 0 spiro atoms. The van der Waals surface area contributed by atoms with Gasteiger partial charge in [-0.25, -0.2) is 0 Å². The van der Waals surface area contributed by atoms with Gasteiger partial charge in [-0.05, 0) is 0 Å². The molecule has 0 fully saturated rings.